The Hall–Kier alpha value is -1.65. The molecule has 2 aromatic rings. The molecule has 0 aliphatic rings. The largest absolute Gasteiger partial charge is 0.468 e. The van der Waals surface area contributed by atoms with Gasteiger partial charge in [-0.25, -0.2) is 4.39 Å². The Morgan fingerprint density at radius 1 is 1.25 bits per heavy atom. The van der Waals surface area contributed by atoms with Crippen LogP contribution in [0.2, 0.25) is 0 Å². The molecule has 2 rings (SSSR count). The van der Waals surface area contributed by atoms with Gasteiger partial charge >= 0.3 is 0 Å². The second kappa shape index (κ2) is 7.22. The summed E-state index contributed by atoms with van der Waals surface area (Å²) in [5.41, 5.74) is 0.737. The zero-order valence-corrected chi connectivity index (χ0v) is 12.0. The van der Waals surface area contributed by atoms with Crippen molar-refractivity contribution in [1.82, 2.24) is 10.2 Å². The second-order valence-corrected chi connectivity index (χ2v) is 4.93. The Balaban J connectivity index is 1.77. The van der Waals surface area contributed by atoms with Crippen LogP contribution >= 0.6 is 0 Å². The first-order chi connectivity index (χ1) is 9.68. The molecule has 0 radical (unpaired) electrons. The second-order valence-electron chi connectivity index (χ2n) is 4.93. The summed E-state index contributed by atoms with van der Waals surface area (Å²) in [7, 11) is 2.01. The maximum atomic E-state index is 13.7. The van der Waals surface area contributed by atoms with E-state index in [1.165, 1.54) is 6.07 Å². The molecule has 0 fully saturated rings. The normalized spacial score (nSPS) is 12.8. The first kappa shape index (κ1) is 14.8. The highest BCUT2D eigenvalue weighted by Gasteiger charge is 2.14. The Morgan fingerprint density at radius 2 is 2.05 bits per heavy atom. The summed E-state index contributed by atoms with van der Waals surface area (Å²) in [6.07, 6.45) is 1.67. The van der Waals surface area contributed by atoms with E-state index >= 15 is 0 Å². The fourth-order valence-electron chi connectivity index (χ4n) is 2.13. The molecule has 0 aliphatic heterocycles. The summed E-state index contributed by atoms with van der Waals surface area (Å²) in [6.45, 7) is 4.41. The zero-order chi connectivity index (χ0) is 14.4. The summed E-state index contributed by atoms with van der Waals surface area (Å²) in [6, 6.07) is 10.8. The number of benzene rings is 1. The molecule has 1 heterocycles. The first-order valence-electron chi connectivity index (χ1n) is 6.86. The lowest BCUT2D eigenvalue weighted by Crippen LogP contribution is -2.31. The van der Waals surface area contributed by atoms with Crippen molar-refractivity contribution in [3.05, 3.63) is 59.8 Å². The van der Waals surface area contributed by atoms with Crippen molar-refractivity contribution >= 4 is 0 Å². The summed E-state index contributed by atoms with van der Waals surface area (Å²) >= 11 is 0. The summed E-state index contributed by atoms with van der Waals surface area (Å²) in [5, 5.41) is 3.31. The van der Waals surface area contributed by atoms with Crippen LogP contribution in [0.25, 0.3) is 0 Å². The summed E-state index contributed by atoms with van der Waals surface area (Å²) in [4.78, 5) is 2.13. The maximum Gasteiger partial charge on any atom is 0.127 e. The van der Waals surface area contributed by atoms with Gasteiger partial charge in [0.1, 0.15) is 11.6 Å². The van der Waals surface area contributed by atoms with E-state index in [4.69, 9.17) is 4.42 Å². The third kappa shape index (κ3) is 3.92. The molecule has 0 saturated heterocycles. The van der Waals surface area contributed by atoms with Crippen molar-refractivity contribution in [2.24, 2.45) is 0 Å². The molecule has 1 atom stereocenters. The summed E-state index contributed by atoms with van der Waals surface area (Å²) in [5.74, 6) is 0.783. The van der Waals surface area contributed by atoms with Gasteiger partial charge in [0.25, 0.3) is 0 Å². The third-order valence-electron chi connectivity index (χ3n) is 3.54. The fraction of sp³-hybridized carbons (Fsp3) is 0.375. The predicted octanol–water partition coefficient (Wildman–Crippen LogP) is 3.20. The SMILES string of the molecule is CC(c1ccccc1F)N(C)CCNCc1ccco1. The van der Waals surface area contributed by atoms with E-state index in [0.717, 1.165) is 31.0 Å². The highest BCUT2D eigenvalue weighted by atomic mass is 19.1. The monoisotopic (exact) mass is 276 g/mol. The van der Waals surface area contributed by atoms with Gasteiger partial charge in [-0.15, -0.1) is 0 Å². The highest BCUT2D eigenvalue weighted by molar-refractivity contribution is 5.20. The average Bonchev–Trinajstić information content (AvgIpc) is 2.96. The minimum Gasteiger partial charge on any atom is -0.468 e. The van der Waals surface area contributed by atoms with Crippen LogP contribution in [0.3, 0.4) is 0 Å². The van der Waals surface area contributed by atoms with Crippen LogP contribution in [0.5, 0.6) is 0 Å². The van der Waals surface area contributed by atoms with Crippen LogP contribution < -0.4 is 5.32 Å². The van der Waals surface area contributed by atoms with Crippen LogP contribution in [-0.4, -0.2) is 25.0 Å². The lowest BCUT2D eigenvalue weighted by Gasteiger charge is -2.25. The Morgan fingerprint density at radius 3 is 2.75 bits per heavy atom. The molecule has 0 bridgehead atoms. The van der Waals surface area contributed by atoms with E-state index in [9.17, 15) is 4.39 Å². The molecule has 0 spiro atoms. The van der Waals surface area contributed by atoms with Crippen LogP contribution in [0.1, 0.15) is 24.3 Å². The highest BCUT2D eigenvalue weighted by Crippen LogP contribution is 2.20. The number of halogens is 1. The van der Waals surface area contributed by atoms with E-state index in [-0.39, 0.29) is 11.9 Å². The van der Waals surface area contributed by atoms with Gasteiger partial charge in [0.15, 0.2) is 0 Å². The third-order valence-corrected chi connectivity index (χ3v) is 3.54. The van der Waals surface area contributed by atoms with E-state index in [1.54, 1.807) is 12.3 Å². The quantitative estimate of drug-likeness (QED) is 0.787. The van der Waals surface area contributed by atoms with Gasteiger partial charge in [-0.1, -0.05) is 18.2 Å². The molecule has 0 amide bonds. The van der Waals surface area contributed by atoms with Crippen molar-refractivity contribution in [2.75, 3.05) is 20.1 Å². The number of nitrogens with one attached hydrogen (secondary N) is 1. The lowest BCUT2D eigenvalue weighted by molar-refractivity contribution is 0.255. The average molecular weight is 276 g/mol. The molecule has 0 aliphatic carbocycles. The maximum absolute atomic E-state index is 13.7. The molecule has 1 aromatic heterocycles. The Kier molecular flexibility index (Phi) is 5.32. The number of hydrogen-bond acceptors (Lipinski definition) is 3. The van der Waals surface area contributed by atoms with Gasteiger partial charge in [-0.2, -0.15) is 0 Å². The smallest absolute Gasteiger partial charge is 0.127 e. The van der Waals surface area contributed by atoms with Crippen LogP contribution in [0.4, 0.5) is 4.39 Å². The number of furan rings is 1. The molecule has 3 nitrogen and oxygen atoms in total. The molecule has 0 saturated carbocycles. The number of likely N-dealkylation sites (N-methyl/N-ethyl adjacent to an activating group) is 1. The van der Waals surface area contributed by atoms with Crippen molar-refractivity contribution in [1.29, 1.82) is 0 Å². The topological polar surface area (TPSA) is 28.4 Å². The van der Waals surface area contributed by atoms with Gasteiger partial charge in [0, 0.05) is 24.7 Å². The van der Waals surface area contributed by atoms with Gasteiger partial charge < -0.3 is 9.73 Å². The van der Waals surface area contributed by atoms with Crippen molar-refractivity contribution in [3.8, 4) is 0 Å². The minimum atomic E-state index is -0.143. The standard InChI is InChI=1S/C16H21FN2O/c1-13(15-7-3-4-8-16(15)17)19(2)10-9-18-12-14-6-5-11-20-14/h3-8,11,13,18H,9-10,12H2,1-2H3. The van der Waals surface area contributed by atoms with Crippen LogP contribution in [0.15, 0.2) is 47.1 Å². The van der Waals surface area contributed by atoms with Gasteiger partial charge in [0.05, 0.1) is 12.8 Å². The zero-order valence-electron chi connectivity index (χ0n) is 12.0. The van der Waals surface area contributed by atoms with E-state index < -0.39 is 0 Å². The molecular formula is C16H21FN2O. The molecule has 1 N–H and O–H groups in total. The van der Waals surface area contributed by atoms with Crippen molar-refractivity contribution in [3.63, 3.8) is 0 Å². The van der Waals surface area contributed by atoms with Crippen LogP contribution in [0, 0.1) is 5.82 Å². The van der Waals surface area contributed by atoms with E-state index in [1.807, 2.05) is 38.2 Å². The van der Waals surface area contributed by atoms with Gasteiger partial charge in [0.2, 0.25) is 0 Å². The molecule has 108 valence electrons. The molecule has 1 aromatic carbocycles. The van der Waals surface area contributed by atoms with Gasteiger partial charge in [-0.05, 0) is 32.2 Å². The number of nitrogens with zero attached hydrogens (tertiary/aromatic N) is 1. The van der Waals surface area contributed by atoms with Crippen LogP contribution in [-0.2, 0) is 6.54 Å². The fourth-order valence-corrected chi connectivity index (χ4v) is 2.13. The lowest BCUT2D eigenvalue weighted by atomic mass is 10.1. The molecule has 4 heteroatoms. The minimum absolute atomic E-state index is 0.0570. The van der Waals surface area contributed by atoms with E-state index in [0.29, 0.717) is 0 Å². The van der Waals surface area contributed by atoms with Gasteiger partial charge in [-0.3, -0.25) is 4.90 Å². The van der Waals surface area contributed by atoms with E-state index in [2.05, 4.69) is 10.2 Å². The molecule has 1 unspecified atom stereocenters. The Labute approximate surface area is 119 Å². The molecular weight excluding hydrogens is 255 g/mol. The predicted molar refractivity (Wildman–Crippen MR) is 77.9 cm³/mol. The van der Waals surface area contributed by atoms with Crippen molar-refractivity contribution in [2.45, 2.75) is 19.5 Å². The number of hydrogen-bond donors (Lipinski definition) is 1. The number of rotatable bonds is 7. The molecule has 20 heavy (non-hydrogen) atoms. The Bertz CT molecular complexity index is 513. The van der Waals surface area contributed by atoms with Crippen molar-refractivity contribution < 1.29 is 8.81 Å². The summed E-state index contributed by atoms with van der Waals surface area (Å²) < 4.78 is 19.0. The first-order valence-corrected chi connectivity index (χ1v) is 6.86.